The summed E-state index contributed by atoms with van der Waals surface area (Å²) in [5, 5.41) is 16.6. The van der Waals surface area contributed by atoms with E-state index in [9.17, 15) is 24.0 Å². The number of hydrogen-bond donors (Lipinski definition) is 4. The number of aryl methyl sites for hydroxylation is 3. The number of carbonyl (C=O) groups is 5. The van der Waals surface area contributed by atoms with Crippen molar-refractivity contribution in [2.24, 2.45) is 5.92 Å². The van der Waals surface area contributed by atoms with Crippen LogP contribution >= 0.6 is 0 Å². The molecule has 0 radical (unpaired) electrons. The van der Waals surface area contributed by atoms with Crippen LogP contribution in [0, 0.1) is 26.7 Å². The number of Topliss-reactive ketones (excluding diaryl/α,β-unsaturated/α-hetero) is 1. The lowest BCUT2D eigenvalue weighted by Crippen LogP contribution is -2.49. The number of aliphatic hydroxyl groups excluding tert-OH is 1. The highest BCUT2D eigenvalue weighted by atomic mass is 16.5. The summed E-state index contributed by atoms with van der Waals surface area (Å²) in [5.74, 6) is -2.86. The fourth-order valence-corrected chi connectivity index (χ4v) is 4.17. The number of pyridine rings is 1. The third kappa shape index (κ3) is 9.03. The van der Waals surface area contributed by atoms with E-state index in [1.807, 2.05) is 6.92 Å². The molecule has 11 heteroatoms. The lowest BCUT2D eigenvalue weighted by Gasteiger charge is -2.26. The van der Waals surface area contributed by atoms with Gasteiger partial charge in [0.15, 0.2) is 12.4 Å². The van der Waals surface area contributed by atoms with Gasteiger partial charge in [-0.3, -0.25) is 24.2 Å². The normalized spacial score (nSPS) is 16.0. The van der Waals surface area contributed by atoms with Gasteiger partial charge in [-0.15, -0.1) is 0 Å². The summed E-state index contributed by atoms with van der Waals surface area (Å²) in [4.78, 5) is 66.4. The van der Waals surface area contributed by atoms with Gasteiger partial charge < -0.3 is 25.8 Å². The molecule has 1 aromatic heterocycles. The van der Waals surface area contributed by atoms with E-state index in [-0.39, 0.29) is 43.4 Å². The van der Waals surface area contributed by atoms with Crippen LogP contribution in [0.3, 0.4) is 0 Å². The molecule has 0 spiro atoms. The zero-order valence-corrected chi connectivity index (χ0v) is 21.1. The number of rotatable bonds is 13. The molecule has 4 N–H and O–H groups in total. The number of ketones is 1. The number of piperidine rings is 1. The number of esters is 1. The summed E-state index contributed by atoms with van der Waals surface area (Å²) in [5.41, 5.74) is 2.20. The minimum atomic E-state index is -1.07. The topological polar surface area (TPSA) is 164 Å². The Morgan fingerprint density at radius 1 is 1.19 bits per heavy atom. The Morgan fingerprint density at radius 3 is 2.61 bits per heavy atom. The van der Waals surface area contributed by atoms with E-state index in [1.165, 1.54) is 0 Å². The number of hydrogen-bond acceptors (Lipinski definition) is 8. The van der Waals surface area contributed by atoms with Crippen molar-refractivity contribution in [2.45, 2.75) is 65.3 Å². The summed E-state index contributed by atoms with van der Waals surface area (Å²) < 4.78 is 5.25. The molecule has 0 saturated carbocycles. The van der Waals surface area contributed by atoms with Crippen LogP contribution in [0.4, 0.5) is 0 Å². The first-order valence-corrected chi connectivity index (χ1v) is 12.2. The molecular weight excluding hydrogens is 468 g/mol. The molecule has 36 heavy (non-hydrogen) atoms. The van der Waals surface area contributed by atoms with Gasteiger partial charge in [-0.25, -0.2) is 4.79 Å². The summed E-state index contributed by atoms with van der Waals surface area (Å²) in [6, 6.07) is 0.678. The summed E-state index contributed by atoms with van der Waals surface area (Å²) in [6.07, 6.45) is 2.52. The van der Waals surface area contributed by atoms with Crippen molar-refractivity contribution in [3.05, 3.63) is 28.6 Å². The van der Waals surface area contributed by atoms with E-state index < -0.39 is 36.2 Å². The van der Waals surface area contributed by atoms with Gasteiger partial charge in [0, 0.05) is 31.2 Å². The lowest BCUT2D eigenvalue weighted by atomic mass is 9.90. The van der Waals surface area contributed by atoms with Crippen LogP contribution in [0.15, 0.2) is 6.07 Å². The van der Waals surface area contributed by atoms with Gasteiger partial charge >= 0.3 is 5.97 Å². The highest BCUT2D eigenvalue weighted by molar-refractivity contribution is 5.96. The fraction of sp³-hybridized carbons (Fsp3) is 0.600. The van der Waals surface area contributed by atoms with Crippen molar-refractivity contribution in [1.29, 1.82) is 0 Å². The van der Waals surface area contributed by atoms with Crippen LogP contribution in [0.2, 0.25) is 0 Å². The molecular formula is C25H36N4O7. The van der Waals surface area contributed by atoms with Crippen molar-refractivity contribution in [3.63, 3.8) is 0 Å². The van der Waals surface area contributed by atoms with Crippen molar-refractivity contribution >= 4 is 29.5 Å². The first kappa shape index (κ1) is 28.9. The molecule has 11 nitrogen and oxygen atoms in total. The molecule has 0 aromatic carbocycles. The first-order chi connectivity index (χ1) is 17.1. The fourth-order valence-electron chi connectivity index (χ4n) is 4.17. The van der Waals surface area contributed by atoms with Crippen molar-refractivity contribution in [2.75, 3.05) is 26.3 Å². The molecule has 1 aliphatic rings. The summed E-state index contributed by atoms with van der Waals surface area (Å²) in [7, 11) is 0. The van der Waals surface area contributed by atoms with E-state index in [2.05, 4.69) is 20.9 Å². The quantitative estimate of drug-likeness (QED) is 0.222. The molecule has 1 aromatic rings. The molecule has 1 aliphatic heterocycles. The Morgan fingerprint density at radius 2 is 1.94 bits per heavy atom. The second-order valence-electron chi connectivity index (χ2n) is 9.03. The SMILES string of the molecule is Cc1cc(C)c(C(=O)OCC(=O)C(C[C@@H]2CCCNC2=O)NC(=O)CNC(=O)CCCCO)c(C)n1. The van der Waals surface area contributed by atoms with E-state index in [0.29, 0.717) is 37.1 Å². The van der Waals surface area contributed by atoms with Gasteiger partial charge in [-0.2, -0.15) is 0 Å². The first-order valence-electron chi connectivity index (χ1n) is 12.2. The van der Waals surface area contributed by atoms with E-state index in [0.717, 1.165) is 12.1 Å². The molecule has 2 heterocycles. The smallest absolute Gasteiger partial charge is 0.340 e. The van der Waals surface area contributed by atoms with Gasteiger partial charge in [-0.1, -0.05) is 0 Å². The van der Waals surface area contributed by atoms with E-state index >= 15 is 0 Å². The average molecular weight is 505 g/mol. The standard InChI is InChI=1S/C25H36N4O7/c1-15-11-16(2)28-17(3)23(15)25(35)36-14-20(31)19(12-18-7-6-9-26-24(18)34)29-22(33)13-27-21(32)8-4-5-10-30/h11,18-19,30H,4-10,12-14H2,1-3H3,(H,26,34)(H,27,32)(H,29,33)/t18-,19?/m0/s1. The molecule has 3 amide bonds. The maximum atomic E-state index is 13.0. The average Bonchev–Trinajstić information content (AvgIpc) is 2.81. The number of nitrogens with zero attached hydrogens (tertiary/aromatic N) is 1. The largest absolute Gasteiger partial charge is 0.454 e. The number of carbonyl (C=O) groups excluding carboxylic acids is 5. The monoisotopic (exact) mass is 504 g/mol. The third-order valence-electron chi connectivity index (χ3n) is 5.98. The van der Waals surface area contributed by atoms with Gasteiger partial charge in [0.1, 0.15) is 0 Å². The van der Waals surface area contributed by atoms with Crippen molar-refractivity contribution in [1.82, 2.24) is 20.9 Å². The Balaban J connectivity index is 2.01. The Labute approximate surface area is 210 Å². The molecule has 198 valence electrons. The molecule has 2 rings (SSSR count). The minimum Gasteiger partial charge on any atom is -0.454 e. The Hall–Kier alpha value is -3.34. The predicted molar refractivity (Wildman–Crippen MR) is 130 cm³/mol. The predicted octanol–water partition coefficient (Wildman–Crippen LogP) is 0.413. The summed E-state index contributed by atoms with van der Waals surface area (Å²) >= 11 is 0. The zero-order valence-electron chi connectivity index (χ0n) is 21.1. The van der Waals surface area contributed by atoms with E-state index in [1.54, 1.807) is 19.9 Å². The highest BCUT2D eigenvalue weighted by Crippen LogP contribution is 2.19. The Kier molecular flexibility index (Phi) is 11.5. The van der Waals surface area contributed by atoms with Crippen LogP contribution in [0.5, 0.6) is 0 Å². The van der Waals surface area contributed by atoms with Crippen LogP contribution in [-0.2, 0) is 23.9 Å². The van der Waals surface area contributed by atoms with Gasteiger partial charge in [-0.05, 0) is 64.5 Å². The molecule has 1 unspecified atom stereocenters. The van der Waals surface area contributed by atoms with Crippen LogP contribution in [0.1, 0.15) is 65.8 Å². The van der Waals surface area contributed by atoms with Gasteiger partial charge in [0.2, 0.25) is 17.7 Å². The third-order valence-corrected chi connectivity index (χ3v) is 5.98. The molecule has 0 aliphatic carbocycles. The summed E-state index contributed by atoms with van der Waals surface area (Å²) in [6.45, 7) is 4.86. The number of unbranched alkanes of at least 4 members (excludes halogenated alkanes) is 1. The van der Waals surface area contributed by atoms with Gasteiger partial charge in [0.05, 0.1) is 23.8 Å². The van der Waals surface area contributed by atoms with Crippen LogP contribution < -0.4 is 16.0 Å². The number of amides is 3. The molecule has 0 bridgehead atoms. The van der Waals surface area contributed by atoms with Crippen LogP contribution in [0.25, 0.3) is 0 Å². The van der Waals surface area contributed by atoms with Crippen molar-refractivity contribution in [3.8, 4) is 0 Å². The number of aromatic nitrogens is 1. The molecule has 1 fully saturated rings. The lowest BCUT2D eigenvalue weighted by molar-refractivity contribution is -0.132. The second kappa shape index (κ2) is 14.3. The van der Waals surface area contributed by atoms with E-state index in [4.69, 9.17) is 9.84 Å². The molecule has 1 saturated heterocycles. The van der Waals surface area contributed by atoms with Crippen LogP contribution in [-0.4, -0.2) is 71.9 Å². The second-order valence-corrected chi connectivity index (χ2v) is 9.03. The Bertz CT molecular complexity index is 956. The van der Waals surface area contributed by atoms with Gasteiger partial charge in [0.25, 0.3) is 0 Å². The highest BCUT2D eigenvalue weighted by Gasteiger charge is 2.31. The maximum Gasteiger partial charge on any atom is 0.340 e. The number of ether oxygens (including phenoxy) is 1. The van der Waals surface area contributed by atoms with Crippen molar-refractivity contribution < 1.29 is 33.8 Å². The minimum absolute atomic E-state index is 0.0174. The number of aliphatic hydroxyl groups is 1. The molecule has 2 atom stereocenters. The zero-order chi connectivity index (χ0) is 26.7. The maximum absolute atomic E-state index is 13.0. The number of nitrogens with one attached hydrogen (secondary N) is 3.